The van der Waals surface area contributed by atoms with Gasteiger partial charge in [0.1, 0.15) is 11.5 Å². The van der Waals surface area contributed by atoms with E-state index in [0.717, 1.165) is 44.1 Å². The van der Waals surface area contributed by atoms with E-state index in [0.29, 0.717) is 13.0 Å². The zero-order valence-corrected chi connectivity index (χ0v) is 16.2. The molecule has 1 atom stereocenters. The molecule has 2 aromatic rings. The van der Waals surface area contributed by atoms with Gasteiger partial charge in [-0.1, -0.05) is 6.92 Å². The number of methoxy groups -OCH3 is 1. The third-order valence-electron chi connectivity index (χ3n) is 5.03. The number of ether oxygens (including phenoxy) is 1. The SMILES string of the molecule is CCCC(=O)NC[C@H](c1ccco1)N1CCN(c2ccc(OC)cc2)CC1. The van der Waals surface area contributed by atoms with Gasteiger partial charge in [-0.05, 0) is 42.8 Å². The molecule has 27 heavy (non-hydrogen) atoms. The molecule has 1 aromatic heterocycles. The Hall–Kier alpha value is -2.47. The molecule has 2 heterocycles. The molecular formula is C21H29N3O3. The standard InChI is InChI=1S/C21H29N3O3/c1-3-5-21(25)22-16-19(20-6-4-15-27-20)24-13-11-23(12-14-24)17-7-9-18(26-2)10-8-17/h4,6-10,15,19H,3,5,11-14,16H2,1-2H3,(H,22,25)/t19-/m1/s1. The first-order chi connectivity index (χ1) is 13.2. The lowest BCUT2D eigenvalue weighted by Crippen LogP contribution is -2.49. The lowest BCUT2D eigenvalue weighted by Gasteiger charge is -2.39. The topological polar surface area (TPSA) is 58.0 Å². The molecule has 1 saturated heterocycles. The van der Waals surface area contributed by atoms with Crippen LogP contribution >= 0.6 is 0 Å². The molecule has 3 rings (SSSR count). The maximum atomic E-state index is 11.9. The van der Waals surface area contributed by atoms with Gasteiger partial charge in [-0.15, -0.1) is 0 Å². The van der Waals surface area contributed by atoms with Gasteiger partial charge in [0.05, 0.1) is 19.4 Å². The quantitative estimate of drug-likeness (QED) is 0.773. The Morgan fingerprint density at radius 3 is 2.52 bits per heavy atom. The molecule has 0 saturated carbocycles. The molecule has 1 amide bonds. The molecule has 6 heteroatoms. The number of hydrogen-bond donors (Lipinski definition) is 1. The fourth-order valence-corrected chi connectivity index (χ4v) is 3.50. The Labute approximate surface area is 161 Å². The molecule has 1 aliphatic rings. The van der Waals surface area contributed by atoms with Crippen LogP contribution in [0.3, 0.4) is 0 Å². The molecule has 0 bridgehead atoms. The van der Waals surface area contributed by atoms with E-state index in [1.165, 1.54) is 5.69 Å². The highest BCUT2D eigenvalue weighted by atomic mass is 16.5. The van der Waals surface area contributed by atoms with Crippen molar-refractivity contribution in [2.24, 2.45) is 0 Å². The maximum absolute atomic E-state index is 11.9. The van der Waals surface area contributed by atoms with Crippen LogP contribution in [0.2, 0.25) is 0 Å². The van der Waals surface area contributed by atoms with E-state index >= 15 is 0 Å². The molecule has 0 radical (unpaired) electrons. The number of furan rings is 1. The van der Waals surface area contributed by atoms with Gasteiger partial charge in [0.2, 0.25) is 5.91 Å². The highest BCUT2D eigenvalue weighted by Gasteiger charge is 2.27. The summed E-state index contributed by atoms with van der Waals surface area (Å²) in [7, 11) is 1.68. The molecule has 1 fully saturated rings. The van der Waals surface area contributed by atoms with Crippen LogP contribution in [-0.4, -0.2) is 50.6 Å². The Bertz CT molecular complexity index is 692. The largest absolute Gasteiger partial charge is 0.497 e. The predicted molar refractivity (Wildman–Crippen MR) is 106 cm³/mol. The predicted octanol–water partition coefficient (Wildman–Crippen LogP) is 3.07. The first kappa shape index (κ1) is 19.3. The number of hydrogen-bond acceptors (Lipinski definition) is 5. The second kappa shape index (κ2) is 9.46. The molecule has 6 nitrogen and oxygen atoms in total. The number of piperazine rings is 1. The summed E-state index contributed by atoms with van der Waals surface area (Å²) >= 11 is 0. The van der Waals surface area contributed by atoms with Crippen LogP contribution in [0.25, 0.3) is 0 Å². The van der Waals surface area contributed by atoms with E-state index < -0.39 is 0 Å². The molecule has 146 valence electrons. The van der Waals surface area contributed by atoms with Gasteiger partial charge < -0.3 is 19.4 Å². The van der Waals surface area contributed by atoms with Gasteiger partial charge >= 0.3 is 0 Å². The van der Waals surface area contributed by atoms with Gasteiger partial charge in [0, 0.05) is 44.8 Å². The van der Waals surface area contributed by atoms with Crippen LogP contribution in [0.4, 0.5) is 5.69 Å². The summed E-state index contributed by atoms with van der Waals surface area (Å²) in [6, 6.07) is 12.2. The van der Waals surface area contributed by atoms with Crippen molar-refractivity contribution in [2.75, 3.05) is 44.7 Å². The van der Waals surface area contributed by atoms with Crippen LogP contribution in [0, 0.1) is 0 Å². The Kier molecular flexibility index (Phi) is 6.76. The lowest BCUT2D eigenvalue weighted by atomic mass is 10.1. The first-order valence-electron chi connectivity index (χ1n) is 9.64. The van der Waals surface area contributed by atoms with Crippen molar-refractivity contribution in [2.45, 2.75) is 25.8 Å². The van der Waals surface area contributed by atoms with Crippen LogP contribution in [-0.2, 0) is 4.79 Å². The van der Waals surface area contributed by atoms with Crippen molar-refractivity contribution in [3.63, 3.8) is 0 Å². The zero-order valence-electron chi connectivity index (χ0n) is 16.2. The highest BCUT2D eigenvalue weighted by molar-refractivity contribution is 5.75. The smallest absolute Gasteiger partial charge is 0.220 e. The number of rotatable bonds is 8. The van der Waals surface area contributed by atoms with Crippen LogP contribution < -0.4 is 15.0 Å². The van der Waals surface area contributed by atoms with Gasteiger partial charge in [-0.2, -0.15) is 0 Å². The average molecular weight is 371 g/mol. The summed E-state index contributed by atoms with van der Waals surface area (Å²) in [6.07, 6.45) is 3.12. The number of nitrogens with zero attached hydrogens (tertiary/aromatic N) is 2. The molecule has 1 N–H and O–H groups in total. The number of amides is 1. The molecular weight excluding hydrogens is 342 g/mol. The van der Waals surface area contributed by atoms with Crippen molar-refractivity contribution in [3.8, 4) is 5.75 Å². The second-order valence-electron chi connectivity index (χ2n) is 6.81. The fraction of sp³-hybridized carbons (Fsp3) is 0.476. The summed E-state index contributed by atoms with van der Waals surface area (Å²) in [4.78, 5) is 16.7. The van der Waals surface area contributed by atoms with Gasteiger partial charge in [0.25, 0.3) is 0 Å². The molecule has 0 aliphatic carbocycles. The Morgan fingerprint density at radius 1 is 1.19 bits per heavy atom. The normalized spacial score (nSPS) is 16.1. The van der Waals surface area contributed by atoms with E-state index in [1.807, 2.05) is 31.2 Å². The van der Waals surface area contributed by atoms with Crippen LogP contribution in [0.1, 0.15) is 31.6 Å². The van der Waals surface area contributed by atoms with Gasteiger partial charge in [-0.3, -0.25) is 9.69 Å². The zero-order chi connectivity index (χ0) is 19.1. The van der Waals surface area contributed by atoms with E-state index in [1.54, 1.807) is 13.4 Å². The molecule has 0 spiro atoms. The van der Waals surface area contributed by atoms with E-state index in [2.05, 4.69) is 27.2 Å². The van der Waals surface area contributed by atoms with Crippen molar-refractivity contribution < 1.29 is 13.9 Å². The van der Waals surface area contributed by atoms with E-state index in [9.17, 15) is 4.79 Å². The highest BCUT2D eigenvalue weighted by Crippen LogP contribution is 2.25. The summed E-state index contributed by atoms with van der Waals surface area (Å²) in [6.45, 7) is 6.30. The van der Waals surface area contributed by atoms with E-state index in [4.69, 9.17) is 9.15 Å². The lowest BCUT2D eigenvalue weighted by molar-refractivity contribution is -0.121. The number of carbonyl (C=O) groups excluding carboxylic acids is 1. The monoisotopic (exact) mass is 371 g/mol. The number of nitrogens with one attached hydrogen (secondary N) is 1. The second-order valence-corrected chi connectivity index (χ2v) is 6.81. The minimum Gasteiger partial charge on any atom is -0.497 e. The van der Waals surface area contributed by atoms with Crippen molar-refractivity contribution >= 4 is 11.6 Å². The Morgan fingerprint density at radius 2 is 1.93 bits per heavy atom. The summed E-state index contributed by atoms with van der Waals surface area (Å²) in [5, 5.41) is 3.06. The number of anilines is 1. The van der Waals surface area contributed by atoms with Crippen LogP contribution in [0.5, 0.6) is 5.75 Å². The molecule has 1 aliphatic heterocycles. The van der Waals surface area contributed by atoms with Crippen molar-refractivity contribution in [1.29, 1.82) is 0 Å². The van der Waals surface area contributed by atoms with E-state index in [-0.39, 0.29) is 11.9 Å². The first-order valence-corrected chi connectivity index (χ1v) is 9.64. The fourth-order valence-electron chi connectivity index (χ4n) is 3.50. The Balaban J connectivity index is 1.60. The van der Waals surface area contributed by atoms with Crippen LogP contribution in [0.15, 0.2) is 47.1 Å². The summed E-state index contributed by atoms with van der Waals surface area (Å²) in [5.41, 5.74) is 1.21. The average Bonchev–Trinajstić information content (AvgIpc) is 3.23. The minimum atomic E-state index is 0.0684. The number of carbonyl (C=O) groups is 1. The van der Waals surface area contributed by atoms with Gasteiger partial charge in [0.15, 0.2) is 0 Å². The molecule has 0 unspecified atom stereocenters. The summed E-state index contributed by atoms with van der Waals surface area (Å²) < 4.78 is 10.9. The third-order valence-corrected chi connectivity index (χ3v) is 5.03. The minimum absolute atomic E-state index is 0.0684. The van der Waals surface area contributed by atoms with Gasteiger partial charge in [-0.25, -0.2) is 0 Å². The maximum Gasteiger partial charge on any atom is 0.220 e. The van der Waals surface area contributed by atoms with Crippen molar-refractivity contribution in [3.05, 3.63) is 48.4 Å². The number of benzene rings is 1. The van der Waals surface area contributed by atoms with Crippen molar-refractivity contribution in [1.82, 2.24) is 10.2 Å². The summed E-state index contributed by atoms with van der Waals surface area (Å²) in [5.74, 6) is 1.88. The third kappa shape index (κ3) is 5.04. The molecule has 1 aromatic carbocycles.